The molecule has 0 spiro atoms. The van der Waals surface area contributed by atoms with Crippen molar-refractivity contribution in [2.75, 3.05) is 0 Å². The fraction of sp³-hybridized carbons (Fsp3) is 0.143. The number of hydrogen-bond donors (Lipinski definition) is 0. The average Bonchev–Trinajstić information content (AvgIpc) is 3.32. The van der Waals surface area contributed by atoms with E-state index in [4.69, 9.17) is 23.2 Å². The first-order valence-electron chi connectivity index (χ1n) is 10.6. The van der Waals surface area contributed by atoms with Crippen LogP contribution in [-0.2, 0) is 34.6 Å². The molecule has 0 saturated heterocycles. The minimum Gasteiger partial charge on any atom is -0.0841 e. The molecular weight excluding hydrogens is 483 g/mol. The van der Waals surface area contributed by atoms with E-state index in [0.29, 0.717) is 9.52 Å². The summed E-state index contributed by atoms with van der Waals surface area (Å²) in [5.41, 5.74) is 13.0. The molecule has 0 unspecified atom stereocenters. The van der Waals surface area contributed by atoms with Crippen LogP contribution < -0.4 is 10.4 Å². The molecule has 0 amide bonds. The Hall–Kier alpha value is -1.61. The fourth-order valence-corrected chi connectivity index (χ4v) is 7.38. The van der Waals surface area contributed by atoms with Crippen molar-refractivity contribution < 1.29 is 21.7 Å². The largest absolute Gasteiger partial charge is 2.00 e. The van der Waals surface area contributed by atoms with Crippen LogP contribution in [0.4, 0.5) is 0 Å². The Labute approximate surface area is 216 Å². The van der Waals surface area contributed by atoms with Crippen molar-refractivity contribution in [2.45, 2.75) is 26.7 Å². The molecule has 6 rings (SSSR count). The van der Waals surface area contributed by atoms with Gasteiger partial charge in [0.05, 0.1) is 0 Å². The zero-order valence-corrected chi connectivity index (χ0v) is 22.0. The van der Waals surface area contributed by atoms with E-state index in [1.165, 1.54) is 66.0 Å². The normalized spacial score (nSPS) is 12.6. The smallest absolute Gasteiger partial charge is 0.0841 e. The van der Waals surface area contributed by atoms with Crippen molar-refractivity contribution in [1.82, 2.24) is 0 Å². The molecule has 4 aromatic carbocycles. The molecule has 2 aliphatic rings. The molecule has 0 heterocycles. The van der Waals surface area contributed by atoms with E-state index in [1.54, 1.807) is 0 Å². The van der Waals surface area contributed by atoms with Gasteiger partial charge in [0.2, 0.25) is 0 Å². The molecule has 0 aliphatic heterocycles. The van der Waals surface area contributed by atoms with Crippen LogP contribution in [0.2, 0.25) is 10.0 Å². The van der Waals surface area contributed by atoms with Gasteiger partial charge in [-0.3, -0.25) is 0 Å². The standard InChI is InChI=1S/C28H20Cl2Si.Ti/c1-15-11-21-19-9-5-3-7-17(19)13-23(21)25(29)27(15)31-28-16(2)12-22-20-10-6-4-8-18(20)14-24(22)26(28)30;/h3-12H,13-14H2,1-2H3;/q;+2. The fourth-order valence-electron chi connectivity index (χ4n) is 5.15. The van der Waals surface area contributed by atoms with Crippen molar-refractivity contribution in [2.24, 2.45) is 0 Å². The molecule has 0 bridgehead atoms. The van der Waals surface area contributed by atoms with Crippen molar-refractivity contribution in [3.8, 4) is 22.3 Å². The van der Waals surface area contributed by atoms with Crippen LogP contribution in [0.1, 0.15) is 33.4 Å². The molecule has 152 valence electrons. The van der Waals surface area contributed by atoms with Crippen LogP contribution in [0.5, 0.6) is 0 Å². The number of benzene rings is 4. The quantitative estimate of drug-likeness (QED) is 0.240. The molecule has 4 heteroatoms. The molecule has 0 N–H and O–H groups in total. The minimum absolute atomic E-state index is 0. The summed E-state index contributed by atoms with van der Waals surface area (Å²) in [4.78, 5) is 0. The maximum absolute atomic E-state index is 7.06. The Kier molecular flexibility index (Phi) is 5.76. The summed E-state index contributed by atoms with van der Waals surface area (Å²) in [6, 6.07) is 21.9. The molecule has 0 fully saturated rings. The number of aryl methyl sites for hydroxylation is 2. The Morgan fingerprint density at radius 3 is 1.47 bits per heavy atom. The van der Waals surface area contributed by atoms with Gasteiger partial charge in [-0.1, -0.05) is 83.9 Å². The monoisotopic (exact) mass is 502 g/mol. The first-order valence-corrected chi connectivity index (χ1v) is 12.4. The van der Waals surface area contributed by atoms with Gasteiger partial charge in [-0.15, -0.1) is 0 Å². The van der Waals surface area contributed by atoms with E-state index in [-0.39, 0.29) is 21.7 Å². The van der Waals surface area contributed by atoms with Crippen LogP contribution in [0.15, 0.2) is 60.7 Å². The third kappa shape index (κ3) is 3.30. The van der Waals surface area contributed by atoms with E-state index in [0.717, 1.165) is 22.9 Å². The van der Waals surface area contributed by atoms with Gasteiger partial charge in [0, 0.05) is 22.9 Å². The summed E-state index contributed by atoms with van der Waals surface area (Å²) in [6.07, 6.45) is 1.82. The molecule has 0 atom stereocenters. The van der Waals surface area contributed by atoms with Gasteiger partial charge in [0.25, 0.3) is 0 Å². The summed E-state index contributed by atoms with van der Waals surface area (Å²) in [6.45, 7) is 4.36. The Bertz CT molecular complexity index is 1300. The summed E-state index contributed by atoms with van der Waals surface area (Å²) >= 11 is 14.1. The Morgan fingerprint density at radius 1 is 0.625 bits per heavy atom. The average molecular weight is 503 g/mol. The Balaban J connectivity index is 0.00000216. The number of hydrogen-bond acceptors (Lipinski definition) is 0. The van der Waals surface area contributed by atoms with E-state index in [9.17, 15) is 0 Å². The molecular formula is C28H20Cl2SiTi+2. The van der Waals surface area contributed by atoms with Crippen molar-refractivity contribution in [3.63, 3.8) is 0 Å². The SMILES string of the molecule is Cc1cc2c(c(Cl)c1[Si]c1c(C)cc3c(c1Cl)Cc1ccccc1-3)Cc1ccccc1-2.[Ti+2]. The van der Waals surface area contributed by atoms with Crippen LogP contribution in [0.3, 0.4) is 0 Å². The zero-order valence-electron chi connectivity index (χ0n) is 17.9. The predicted octanol–water partition coefficient (Wildman–Crippen LogP) is 6.41. The Morgan fingerprint density at radius 2 is 1.03 bits per heavy atom. The second-order valence-corrected chi connectivity index (χ2v) is 10.6. The number of rotatable bonds is 2. The predicted molar refractivity (Wildman–Crippen MR) is 134 cm³/mol. The molecule has 0 nitrogen and oxygen atoms in total. The summed E-state index contributed by atoms with van der Waals surface area (Å²) in [5.74, 6) is 0. The first kappa shape index (κ1) is 22.2. The van der Waals surface area contributed by atoms with Gasteiger partial charge >= 0.3 is 21.7 Å². The molecule has 32 heavy (non-hydrogen) atoms. The van der Waals surface area contributed by atoms with Crippen molar-refractivity contribution >= 4 is 43.1 Å². The van der Waals surface area contributed by atoms with Crippen LogP contribution >= 0.6 is 23.2 Å². The van der Waals surface area contributed by atoms with E-state index in [1.807, 2.05) is 0 Å². The van der Waals surface area contributed by atoms with Gasteiger partial charge in [0.15, 0.2) is 0 Å². The first-order chi connectivity index (χ1) is 15.0. The van der Waals surface area contributed by atoms with Gasteiger partial charge in [-0.2, -0.15) is 0 Å². The third-order valence-electron chi connectivity index (χ3n) is 6.73. The van der Waals surface area contributed by atoms with Crippen LogP contribution in [0, 0.1) is 13.8 Å². The molecule has 2 aliphatic carbocycles. The maximum Gasteiger partial charge on any atom is 2.00 e. The van der Waals surface area contributed by atoms with Crippen LogP contribution in [0.25, 0.3) is 22.3 Å². The van der Waals surface area contributed by atoms with E-state index in [2.05, 4.69) is 74.5 Å². The van der Waals surface area contributed by atoms with Crippen LogP contribution in [-0.4, -0.2) is 9.52 Å². The summed E-state index contributed by atoms with van der Waals surface area (Å²) in [7, 11) is 0.449. The number of halogens is 2. The second kappa shape index (κ2) is 8.31. The van der Waals surface area contributed by atoms with Gasteiger partial charge in [0.1, 0.15) is 9.52 Å². The second-order valence-electron chi connectivity index (χ2n) is 8.61. The number of fused-ring (bicyclic) bond motifs is 6. The topological polar surface area (TPSA) is 0 Å². The molecule has 2 radical (unpaired) electrons. The van der Waals surface area contributed by atoms with Gasteiger partial charge in [-0.05, 0) is 79.9 Å². The van der Waals surface area contributed by atoms with Gasteiger partial charge in [-0.25, -0.2) is 0 Å². The van der Waals surface area contributed by atoms with Crippen molar-refractivity contribution in [1.29, 1.82) is 0 Å². The van der Waals surface area contributed by atoms with Gasteiger partial charge < -0.3 is 0 Å². The zero-order chi connectivity index (χ0) is 21.3. The summed E-state index contributed by atoms with van der Waals surface area (Å²) in [5, 5.41) is 4.30. The summed E-state index contributed by atoms with van der Waals surface area (Å²) < 4.78 is 0. The molecule has 4 aromatic rings. The molecule has 0 aromatic heterocycles. The third-order valence-corrected chi connectivity index (χ3v) is 9.67. The van der Waals surface area contributed by atoms with Crippen molar-refractivity contribution in [3.05, 3.63) is 104 Å². The minimum atomic E-state index is 0. The molecule has 0 saturated carbocycles. The van der Waals surface area contributed by atoms with E-state index >= 15 is 0 Å². The van der Waals surface area contributed by atoms with E-state index < -0.39 is 0 Å². The maximum atomic E-state index is 7.06.